The molecule has 6 nitrogen and oxygen atoms in total. The third kappa shape index (κ3) is 3.36. The van der Waals surface area contributed by atoms with Crippen LogP contribution in [0.1, 0.15) is 37.5 Å². The number of carbonyl (C=O) groups is 3. The smallest absolute Gasteiger partial charge is 0.238 e. The van der Waals surface area contributed by atoms with Crippen molar-refractivity contribution in [3.05, 3.63) is 130 Å². The van der Waals surface area contributed by atoms with Crippen molar-refractivity contribution in [3.8, 4) is 0 Å². The third-order valence-electron chi connectivity index (χ3n) is 8.39. The van der Waals surface area contributed by atoms with Gasteiger partial charge in [0.15, 0.2) is 11.6 Å². The Kier molecular flexibility index (Phi) is 5.51. The number of amides is 1. The molecule has 0 radical (unpaired) electrons. The van der Waals surface area contributed by atoms with Crippen molar-refractivity contribution >= 4 is 46.5 Å². The lowest BCUT2D eigenvalue weighted by atomic mass is 9.64. The summed E-state index contributed by atoms with van der Waals surface area (Å²) in [6.45, 7) is 2.01. The summed E-state index contributed by atoms with van der Waals surface area (Å²) < 4.78 is 0. The number of pyridine rings is 1. The van der Waals surface area contributed by atoms with Crippen LogP contribution in [0.3, 0.4) is 0 Å². The number of benzene rings is 3. The van der Waals surface area contributed by atoms with Crippen LogP contribution >= 0.6 is 11.6 Å². The first-order chi connectivity index (χ1) is 19.4. The Labute approximate surface area is 236 Å². The fourth-order valence-electron chi connectivity index (χ4n) is 6.75. The molecule has 3 aliphatic heterocycles. The van der Waals surface area contributed by atoms with Crippen LogP contribution in [-0.4, -0.2) is 34.5 Å². The maximum Gasteiger partial charge on any atom is 0.238 e. The van der Waals surface area contributed by atoms with Gasteiger partial charge in [-0.15, -0.1) is 0 Å². The highest BCUT2D eigenvalue weighted by Gasteiger charge is 2.70. The van der Waals surface area contributed by atoms with Gasteiger partial charge in [-0.1, -0.05) is 59.6 Å². The molecular formula is C33H24ClN3O3. The summed E-state index contributed by atoms with van der Waals surface area (Å²) in [6.07, 6.45) is 5.52. The van der Waals surface area contributed by atoms with Crippen molar-refractivity contribution in [1.29, 1.82) is 0 Å². The average Bonchev–Trinajstić information content (AvgIpc) is 3.45. The summed E-state index contributed by atoms with van der Waals surface area (Å²) >= 11 is 6.16. The number of hydrogen-bond donors (Lipinski definition) is 1. The molecule has 4 atom stereocenters. The van der Waals surface area contributed by atoms with Crippen molar-refractivity contribution in [2.24, 2.45) is 5.92 Å². The van der Waals surface area contributed by atoms with Crippen LogP contribution in [0.25, 0.3) is 6.08 Å². The average molecular weight is 546 g/mol. The summed E-state index contributed by atoms with van der Waals surface area (Å²) in [6, 6.07) is 23.7. The molecule has 1 saturated heterocycles. The molecule has 1 aromatic heterocycles. The fourth-order valence-corrected chi connectivity index (χ4v) is 6.88. The Hall–Kier alpha value is -4.55. The first kappa shape index (κ1) is 24.5. The predicted octanol–water partition coefficient (Wildman–Crippen LogP) is 5.90. The minimum absolute atomic E-state index is 0.214. The molecule has 40 heavy (non-hydrogen) atoms. The van der Waals surface area contributed by atoms with Gasteiger partial charge < -0.3 is 10.2 Å². The lowest BCUT2D eigenvalue weighted by Crippen LogP contribution is -2.51. The zero-order valence-corrected chi connectivity index (χ0v) is 22.3. The van der Waals surface area contributed by atoms with Gasteiger partial charge in [-0.25, -0.2) is 0 Å². The van der Waals surface area contributed by atoms with E-state index in [-0.39, 0.29) is 23.2 Å². The van der Waals surface area contributed by atoms with E-state index in [1.165, 1.54) is 0 Å². The SMILES string of the molecule is Cc1ccc2c(c1)C=CC1N2C(C(=O)c2ccc(Cl)cc2)C(C(=O)c2ccccn2)C12C(=O)Nc1ccccc12. The van der Waals surface area contributed by atoms with Gasteiger partial charge in [-0.2, -0.15) is 0 Å². The number of ketones is 2. The van der Waals surface area contributed by atoms with Crippen molar-refractivity contribution in [3.63, 3.8) is 0 Å². The van der Waals surface area contributed by atoms with E-state index in [9.17, 15) is 14.4 Å². The van der Waals surface area contributed by atoms with E-state index < -0.39 is 23.4 Å². The summed E-state index contributed by atoms with van der Waals surface area (Å²) in [5.74, 6) is -1.97. The molecule has 4 heterocycles. The number of aromatic nitrogens is 1. The molecule has 0 bridgehead atoms. The molecule has 1 fully saturated rings. The summed E-state index contributed by atoms with van der Waals surface area (Å²) in [4.78, 5) is 49.8. The molecule has 3 aliphatic rings. The number of aryl methyl sites for hydroxylation is 1. The Morgan fingerprint density at radius 1 is 0.950 bits per heavy atom. The van der Waals surface area contributed by atoms with Crippen molar-refractivity contribution in [2.75, 3.05) is 10.2 Å². The first-order valence-corrected chi connectivity index (χ1v) is 13.5. The van der Waals surface area contributed by atoms with Crippen LogP contribution in [0.4, 0.5) is 11.4 Å². The molecule has 0 saturated carbocycles. The van der Waals surface area contributed by atoms with Gasteiger partial charge in [0.25, 0.3) is 0 Å². The number of para-hydroxylation sites is 1. The standard InChI is InChI=1S/C33H24ClN3O3/c1-19-9-15-26-21(18-19)12-16-27-33(23-6-2-3-7-24(23)36-32(33)40)28(31(39)25-8-4-5-17-35-25)29(37(26)27)30(38)20-10-13-22(34)14-11-20/h2-18,27-29H,1H3,(H,36,40). The lowest BCUT2D eigenvalue weighted by molar-refractivity contribution is -0.121. The van der Waals surface area contributed by atoms with Crippen molar-refractivity contribution in [1.82, 2.24) is 4.98 Å². The minimum atomic E-state index is -1.36. The summed E-state index contributed by atoms with van der Waals surface area (Å²) in [7, 11) is 0. The summed E-state index contributed by atoms with van der Waals surface area (Å²) in [5.41, 5.74) is 3.42. The number of rotatable bonds is 4. The van der Waals surface area contributed by atoms with Crippen LogP contribution in [0.2, 0.25) is 5.02 Å². The fraction of sp³-hybridized carbons (Fsp3) is 0.152. The first-order valence-electron chi connectivity index (χ1n) is 13.1. The van der Waals surface area contributed by atoms with E-state index in [2.05, 4.69) is 16.4 Å². The van der Waals surface area contributed by atoms with E-state index in [1.807, 2.05) is 60.4 Å². The number of fused-ring (bicyclic) bond motifs is 6. The molecule has 3 aromatic carbocycles. The lowest BCUT2D eigenvalue weighted by Gasteiger charge is -2.37. The normalized spacial score (nSPS) is 23.9. The molecule has 1 N–H and O–H groups in total. The van der Waals surface area contributed by atoms with Gasteiger partial charge in [0.2, 0.25) is 5.91 Å². The topological polar surface area (TPSA) is 79.4 Å². The molecule has 196 valence electrons. The van der Waals surface area contributed by atoms with Crippen LogP contribution in [0, 0.1) is 12.8 Å². The number of halogens is 1. The van der Waals surface area contributed by atoms with Gasteiger partial charge in [0.05, 0.1) is 12.0 Å². The van der Waals surface area contributed by atoms with Crippen LogP contribution in [0.15, 0.2) is 97.2 Å². The Bertz CT molecular complexity index is 1730. The van der Waals surface area contributed by atoms with E-state index >= 15 is 0 Å². The molecule has 0 aliphatic carbocycles. The Morgan fingerprint density at radius 3 is 2.50 bits per heavy atom. The van der Waals surface area contributed by atoms with Crippen LogP contribution in [-0.2, 0) is 10.2 Å². The molecule has 7 heteroatoms. The Morgan fingerprint density at radius 2 is 1.73 bits per heavy atom. The van der Waals surface area contributed by atoms with Gasteiger partial charge in [-0.05, 0) is 72.6 Å². The van der Waals surface area contributed by atoms with Crippen molar-refractivity contribution < 1.29 is 14.4 Å². The number of Topliss-reactive ketones (excluding diaryl/α,β-unsaturated/α-hetero) is 2. The second-order valence-electron chi connectivity index (χ2n) is 10.5. The number of hydrogen-bond acceptors (Lipinski definition) is 5. The maximum absolute atomic E-state index is 14.6. The quantitative estimate of drug-likeness (QED) is 0.323. The summed E-state index contributed by atoms with van der Waals surface area (Å²) in [5, 5.41) is 3.54. The zero-order chi connectivity index (χ0) is 27.6. The van der Waals surface area contributed by atoms with E-state index in [1.54, 1.807) is 48.7 Å². The largest absolute Gasteiger partial charge is 0.352 e. The molecule has 7 rings (SSSR count). The van der Waals surface area contributed by atoms with E-state index in [4.69, 9.17) is 11.6 Å². The zero-order valence-electron chi connectivity index (χ0n) is 21.5. The number of anilines is 2. The van der Waals surface area contributed by atoms with Gasteiger partial charge in [0.1, 0.15) is 17.2 Å². The molecule has 1 spiro atoms. The maximum atomic E-state index is 14.6. The molecule has 4 unspecified atom stereocenters. The van der Waals surface area contributed by atoms with Gasteiger partial charge in [0, 0.05) is 28.2 Å². The molecule has 4 aromatic rings. The highest BCUT2D eigenvalue weighted by Crippen LogP contribution is 2.58. The van der Waals surface area contributed by atoms with Crippen molar-refractivity contribution in [2.45, 2.75) is 24.4 Å². The third-order valence-corrected chi connectivity index (χ3v) is 8.64. The molecule has 1 amide bonds. The highest BCUT2D eigenvalue weighted by molar-refractivity contribution is 6.30. The van der Waals surface area contributed by atoms with Gasteiger partial charge in [-0.3, -0.25) is 19.4 Å². The monoisotopic (exact) mass is 545 g/mol. The van der Waals surface area contributed by atoms with Crippen LogP contribution < -0.4 is 10.2 Å². The highest BCUT2D eigenvalue weighted by atomic mass is 35.5. The van der Waals surface area contributed by atoms with Gasteiger partial charge >= 0.3 is 0 Å². The molecular weight excluding hydrogens is 522 g/mol. The Balaban J connectivity index is 1.54. The van der Waals surface area contributed by atoms with Crippen LogP contribution in [0.5, 0.6) is 0 Å². The predicted molar refractivity (Wildman–Crippen MR) is 155 cm³/mol. The van der Waals surface area contributed by atoms with E-state index in [0.717, 1.165) is 16.8 Å². The second-order valence-corrected chi connectivity index (χ2v) is 11.0. The number of nitrogens with zero attached hydrogens (tertiary/aromatic N) is 2. The number of nitrogens with one attached hydrogen (secondary N) is 1. The second kappa shape index (κ2) is 9.00. The van der Waals surface area contributed by atoms with E-state index in [0.29, 0.717) is 21.8 Å². The minimum Gasteiger partial charge on any atom is -0.352 e. The number of carbonyl (C=O) groups excluding carboxylic acids is 3.